The topological polar surface area (TPSA) is 117 Å². The molecule has 1 amide bonds. The molecule has 25 heavy (non-hydrogen) atoms. The number of carbonyl (C=O) groups excluding carboxylic acids is 1. The van der Waals surface area contributed by atoms with Gasteiger partial charge in [-0.3, -0.25) is 19.7 Å². The first-order chi connectivity index (χ1) is 12.0. The van der Waals surface area contributed by atoms with Gasteiger partial charge in [0.15, 0.2) is 0 Å². The number of amides is 1. The number of nitro groups is 1. The Hall–Kier alpha value is -2.74. The van der Waals surface area contributed by atoms with Crippen molar-refractivity contribution in [3.8, 4) is 0 Å². The second-order valence-corrected chi connectivity index (χ2v) is 6.81. The number of nitro benzene ring substituents is 1. The lowest BCUT2D eigenvalue weighted by Gasteiger charge is -2.29. The molecule has 2 atom stereocenters. The number of pyridine rings is 1. The van der Waals surface area contributed by atoms with Crippen LogP contribution in [0.5, 0.6) is 0 Å². The summed E-state index contributed by atoms with van der Waals surface area (Å²) in [5, 5.41) is 17.9. The number of carbonyl (C=O) groups is 1. The van der Waals surface area contributed by atoms with Crippen LogP contribution in [0.15, 0.2) is 29.1 Å². The highest BCUT2D eigenvalue weighted by Crippen LogP contribution is 2.27. The average Bonchev–Trinajstić information content (AvgIpc) is 2.92. The summed E-state index contributed by atoms with van der Waals surface area (Å²) in [5.41, 5.74) is 0.0624. The van der Waals surface area contributed by atoms with E-state index in [1.807, 2.05) is 0 Å². The molecule has 130 valence electrons. The molecule has 3 heterocycles. The van der Waals surface area contributed by atoms with Crippen LogP contribution >= 0.6 is 0 Å². The molecule has 0 radical (unpaired) electrons. The minimum absolute atomic E-state index is 0.0549. The Kier molecular flexibility index (Phi) is 3.76. The van der Waals surface area contributed by atoms with Gasteiger partial charge in [0, 0.05) is 47.2 Å². The summed E-state index contributed by atoms with van der Waals surface area (Å²) in [6.07, 6.45) is 3.97. The van der Waals surface area contributed by atoms with Crippen LogP contribution in [0.25, 0.3) is 10.9 Å². The zero-order valence-corrected chi connectivity index (χ0v) is 13.5. The molecule has 4 rings (SSSR count). The number of hydrogen-bond acceptors (Lipinski definition) is 5. The molecule has 2 fully saturated rings. The zero-order valence-electron chi connectivity index (χ0n) is 13.5. The van der Waals surface area contributed by atoms with Crippen LogP contribution in [0.1, 0.15) is 36.0 Å². The summed E-state index contributed by atoms with van der Waals surface area (Å²) >= 11 is 0. The molecular formula is C17H18N4O4. The van der Waals surface area contributed by atoms with Gasteiger partial charge in [0.2, 0.25) is 5.56 Å². The standard InChI is InChI=1S/C17H18N4O4/c22-16-8-14(13-7-12(21(24)25)3-4-15(13)20-16)17(23)19-11-5-9-1-2-10(6-11)18-9/h3-4,7-11,18H,1-2,5-6H2,(H,19,23)(H,20,22). The van der Waals surface area contributed by atoms with Crippen molar-refractivity contribution in [1.29, 1.82) is 0 Å². The second kappa shape index (κ2) is 5.96. The highest BCUT2D eigenvalue weighted by atomic mass is 16.6. The largest absolute Gasteiger partial charge is 0.349 e. The van der Waals surface area contributed by atoms with Gasteiger partial charge >= 0.3 is 0 Å². The molecule has 2 saturated heterocycles. The molecule has 1 aromatic carbocycles. The van der Waals surface area contributed by atoms with Crippen LogP contribution in [0, 0.1) is 10.1 Å². The number of non-ortho nitro benzene ring substituents is 1. The van der Waals surface area contributed by atoms with E-state index in [-0.39, 0.29) is 23.2 Å². The van der Waals surface area contributed by atoms with Crippen LogP contribution in [0.4, 0.5) is 5.69 Å². The number of fused-ring (bicyclic) bond motifs is 3. The van der Waals surface area contributed by atoms with Crippen molar-refractivity contribution in [2.45, 2.75) is 43.8 Å². The average molecular weight is 342 g/mol. The molecule has 0 aliphatic carbocycles. The van der Waals surface area contributed by atoms with E-state index in [1.54, 1.807) is 0 Å². The van der Waals surface area contributed by atoms with Crippen molar-refractivity contribution in [1.82, 2.24) is 15.6 Å². The Morgan fingerprint density at radius 1 is 1.20 bits per heavy atom. The first-order valence-corrected chi connectivity index (χ1v) is 8.38. The number of aromatic nitrogens is 1. The van der Waals surface area contributed by atoms with Gasteiger partial charge < -0.3 is 15.6 Å². The van der Waals surface area contributed by atoms with Gasteiger partial charge in [-0.2, -0.15) is 0 Å². The Balaban J connectivity index is 1.67. The molecule has 3 N–H and O–H groups in total. The van der Waals surface area contributed by atoms with Crippen molar-refractivity contribution >= 4 is 22.5 Å². The molecule has 2 aliphatic heterocycles. The van der Waals surface area contributed by atoms with Crippen molar-refractivity contribution in [3.63, 3.8) is 0 Å². The van der Waals surface area contributed by atoms with Crippen LogP contribution in [-0.2, 0) is 0 Å². The number of nitrogens with one attached hydrogen (secondary N) is 3. The lowest BCUT2D eigenvalue weighted by atomic mass is 9.99. The summed E-state index contributed by atoms with van der Waals surface area (Å²) < 4.78 is 0. The zero-order chi connectivity index (χ0) is 17.6. The van der Waals surface area contributed by atoms with Gasteiger partial charge in [0.1, 0.15) is 0 Å². The predicted molar refractivity (Wildman–Crippen MR) is 91.7 cm³/mol. The molecule has 1 aromatic heterocycles. The van der Waals surface area contributed by atoms with Crippen LogP contribution < -0.4 is 16.2 Å². The fourth-order valence-corrected chi connectivity index (χ4v) is 3.98. The maximum Gasteiger partial charge on any atom is 0.270 e. The third-order valence-electron chi connectivity index (χ3n) is 5.09. The number of rotatable bonds is 3. The molecular weight excluding hydrogens is 324 g/mol. The predicted octanol–water partition coefficient (Wildman–Crippen LogP) is 1.45. The van der Waals surface area contributed by atoms with Crippen LogP contribution in [0.3, 0.4) is 0 Å². The Morgan fingerprint density at radius 3 is 2.60 bits per heavy atom. The monoisotopic (exact) mass is 342 g/mol. The maximum atomic E-state index is 12.7. The van der Waals surface area contributed by atoms with E-state index >= 15 is 0 Å². The third kappa shape index (κ3) is 3.00. The molecule has 8 nitrogen and oxygen atoms in total. The maximum absolute atomic E-state index is 12.7. The molecule has 2 unspecified atom stereocenters. The first kappa shape index (κ1) is 15.8. The van der Waals surface area contributed by atoms with E-state index in [9.17, 15) is 19.7 Å². The van der Waals surface area contributed by atoms with E-state index in [0.717, 1.165) is 25.7 Å². The summed E-state index contributed by atoms with van der Waals surface area (Å²) in [6.45, 7) is 0. The smallest absolute Gasteiger partial charge is 0.270 e. The number of nitrogens with zero attached hydrogens (tertiary/aromatic N) is 1. The SMILES string of the molecule is O=C(NC1CC2CCC(C1)N2)c1cc(=O)[nH]c2ccc([N+](=O)[O-])cc12. The van der Waals surface area contributed by atoms with Crippen molar-refractivity contribution in [2.24, 2.45) is 0 Å². The van der Waals surface area contributed by atoms with Crippen molar-refractivity contribution in [3.05, 3.63) is 50.3 Å². The Morgan fingerprint density at radius 2 is 1.92 bits per heavy atom. The van der Waals surface area contributed by atoms with E-state index in [4.69, 9.17) is 0 Å². The van der Waals surface area contributed by atoms with Gasteiger partial charge in [-0.15, -0.1) is 0 Å². The third-order valence-corrected chi connectivity index (χ3v) is 5.09. The summed E-state index contributed by atoms with van der Waals surface area (Å²) in [6, 6.07) is 6.21. The van der Waals surface area contributed by atoms with Crippen molar-refractivity contribution < 1.29 is 9.72 Å². The number of aromatic amines is 1. The molecule has 8 heteroatoms. The van der Waals surface area contributed by atoms with E-state index in [2.05, 4.69) is 15.6 Å². The van der Waals surface area contributed by atoms with E-state index < -0.39 is 10.5 Å². The minimum Gasteiger partial charge on any atom is -0.349 e. The number of piperidine rings is 1. The Bertz CT molecular complexity index is 910. The van der Waals surface area contributed by atoms with Gasteiger partial charge in [-0.25, -0.2) is 0 Å². The van der Waals surface area contributed by atoms with Crippen LogP contribution in [-0.4, -0.2) is 33.9 Å². The Labute approximate surface area is 142 Å². The normalized spacial score (nSPS) is 25.0. The van der Waals surface area contributed by atoms with Gasteiger partial charge in [0.25, 0.3) is 11.6 Å². The van der Waals surface area contributed by atoms with Gasteiger partial charge in [-0.1, -0.05) is 0 Å². The number of benzene rings is 1. The van der Waals surface area contributed by atoms with Crippen LogP contribution in [0.2, 0.25) is 0 Å². The highest BCUT2D eigenvalue weighted by Gasteiger charge is 2.34. The number of hydrogen-bond donors (Lipinski definition) is 3. The molecule has 2 bridgehead atoms. The van der Waals surface area contributed by atoms with Crippen molar-refractivity contribution in [2.75, 3.05) is 0 Å². The number of H-pyrrole nitrogens is 1. The molecule has 0 saturated carbocycles. The lowest BCUT2D eigenvalue weighted by molar-refractivity contribution is -0.384. The van der Waals surface area contributed by atoms with Gasteiger partial charge in [-0.05, 0) is 31.7 Å². The first-order valence-electron chi connectivity index (χ1n) is 8.38. The lowest BCUT2D eigenvalue weighted by Crippen LogP contribution is -2.48. The van der Waals surface area contributed by atoms with E-state index in [0.29, 0.717) is 23.0 Å². The molecule has 2 aliphatic rings. The fraction of sp³-hybridized carbons (Fsp3) is 0.412. The summed E-state index contributed by atoms with van der Waals surface area (Å²) in [5.74, 6) is -0.358. The molecule has 2 aromatic rings. The summed E-state index contributed by atoms with van der Waals surface area (Å²) in [7, 11) is 0. The second-order valence-electron chi connectivity index (χ2n) is 6.81. The fourth-order valence-electron chi connectivity index (χ4n) is 3.98. The van der Waals surface area contributed by atoms with E-state index in [1.165, 1.54) is 24.3 Å². The molecule has 0 spiro atoms. The van der Waals surface area contributed by atoms with Gasteiger partial charge in [0.05, 0.1) is 10.5 Å². The summed E-state index contributed by atoms with van der Waals surface area (Å²) in [4.78, 5) is 37.7. The quantitative estimate of drug-likeness (QED) is 0.576. The highest BCUT2D eigenvalue weighted by molar-refractivity contribution is 6.06. The minimum atomic E-state index is -0.517.